The topological polar surface area (TPSA) is 104 Å². The molecule has 0 aliphatic heterocycles. The quantitative estimate of drug-likeness (QED) is 0.531. The molecule has 10 unspecified atom stereocenters. The molecule has 4 aliphatic carbocycles. The van der Waals surface area contributed by atoms with Gasteiger partial charge in [-0.3, -0.25) is 4.79 Å². The second kappa shape index (κ2) is 7.20. The Hall–Kier alpha value is -0.650. The Kier molecular flexibility index (Phi) is 5.36. The molecule has 0 aromatic carbocycles. The summed E-state index contributed by atoms with van der Waals surface area (Å²) in [4.78, 5) is 11.1. The van der Waals surface area contributed by atoms with E-state index in [9.17, 15) is 15.0 Å². The van der Waals surface area contributed by atoms with Crippen molar-refractivity contribution in [2.75, 3.05) is 0 Å². The summed E-state index contributed by atoms with van der Waals surface area (Å²) in [5.41, 5.74) is 5.83. The lowest BCUT2D eigenvalue weighted by atomic mass is 9.42. The first-order valence-electron chi connectivity index (χ1n) is 11.9. The van der Waals surface area contributed by atoms with Crippen molar-refractivity contribution < 1.29 is 20.1 Å². The Balaban J connectivity index is 1.60. The molecule has 29 heavy (non-hydrogen) atoms. The fourth-order valence-corrected chi connectivity index (χ4v) is 8.84. The van der Waals surface area contributed by atoms with E-state index in [0.717, 1.165) is 51.4 Å². The number of rotatable bonds is 4. The maximum atomic E-state index is 11.5. The molecule has 4 aliphatic rings. The summed E-state index contributed by atoms with van der Waals surface area (Å²) < 4.78 is 0. The highest BCUT2D eigenvalue weighted by atomic mass is 16.4. The number of aliphatic carboxylic acids is 1. The minimum atomic E-state index is -1.16. The molecule has 10 atom stereocenters. The molecule has 5 heteroatoms. The molecule has 0 bridgehead atoms. The molecule has 0 aromatic rings. The Morgan fingerprint density at radius 1 is 1.10 bits per heavy atom. The lowest BCUT2D eigenvalue weighted by Crippen LogP contribution is -2.67. The summed E-state index contributed by atoms with van der Waals surface area (Å²) in [6.07, 6.45) is 8.50. The Morgan fingerprint density at radius 3 is 2.45 bits per heavy atom. The standard InChI is InChI=1S/C24H41NO4/c1-14(4-7-20(27)28)17-5-6-18-21-19(9-11-23(17,18)3)22(2)10-8-16(26)12-15(22)13-24(21,25)29/h14-19,21,26,29H,4-13,25H2,1-3H3,(H,27,28). The zero-order valence-corrected chi connectivity index (χ0v) is 18.4. The van der Waals surface area contributed by atoms with Crippen LogP contribution in [0, 0.1) is 46.3 Å². The van der Waals surface area contributed by atoms with Crippen molar-refractivity contribution in [3.63, 3.8) is 0 Å². The molecule has 166 valence electrons. The Morgan fingerprint density at radius 2 is 1.76 bits per heavy atom. The van der Waals surface area contributed by atoms with Crippen LogP contribution < -0.4 is 5.73 Å². The maximum Gasteiger partial charge on any atom is 0.303 e. The molecule has 0 saturated heterocycles. The van der Waals surface area contributed by atoms with Gasteiger partial charge in [0.15, 0.2) is 0 Å². The highest BCUT2D eigenvalue weighted by Gasteiger charge is 2.66. The predicted molar refractivity (Wildman–Crippen MR) is 112 cm³/mol. The average Bonchev–Trinajstić information content (AvgIpc) is 2.98. The van der Waals surface area contributed by atoms with Crippen molar-refractivity contribution in [3.8, 4) is 0 Å². The van der Waals surface area contributed by atoms with Gasteiger partial charge >= 0.3 is 5.97 Å². The Labute approximate surface area is 175 Å². The summed E-state index contributed by atoms with van der Waals surface area (Å²) in [7, 11) is 0. The zero-order valence-electron chi connectivity index (χ0n) is 18.4. The van der Waals surface area contributed by atoms with E-state index in [4.69, 9.17) is 10.8 Å². The number of aliphatic hydroxyl groups excluding tert-OH is 1. The van der Waals surface area contributed by atoms with Crippen LogP contribution in [0.3, 0.4) is 0 Å². The van der Waals surface area contributed by atoms with Crippen molar-refractivity contribution in [3.05, 3.63) is 0 Å². The predicted octanol–water partition coefficient (Wildman–Crippen LogP) is 3.76. The number of hydrogen-bond donors (Lipinski definition) is 4. The third kappa shape index (κ3) is 3.36. The summed E-state index contributed by atoms with van der Waals surface area (Å²) in [5, 5.41) is 30.8. The highest BCUT2D eigenvalue weighted by molar-refractivity contribution is 5.66. The number of carbonyl (C=O) groups is 1. The molecule has 4 rings (SSSR count). The minimum Gasteiger partial charge on any atom is -0.481 e. The van der Waals surface area contributed by atoms with Gasteiger partial charge in [0.05, 0.1) is 6.10 Å². The molecular weight excluding hydrogens is 366 g/mol. The molecule has 0 heterocycles. The smallest absolute Gasteiger partial charge is 0.303 e. The summed E-state index contributed by atoms with van der Waals surface area (Å²) in [6, 6.07) is 0. The fourth-order valence-electron chi connectivity index (χ4n) is 8.84. The second-order valence-electron chi connectivity index (χ2n) is 11.7. The first kappa shape index (κ1) is 21.6. The van der Waals surface area contributed by atoms with Crippen LogP contribution in [0.2, 0.25) is 0 Å². The average molecular weight is 408 g/mol. The van der Waals surface area contributed by atoms with Crippen LogP contribution in [0.5, 0.6) is 0 Å². The van der Waals surface area contributed by atoms with Crippen molar-refractivity contribution in [2.45, 2.75) is 96.8 Å². The van der Waals surface area contributed by atoms with Gasteiger partial charge in [-0.15, -0.1) is 0 Å². The van der Waals surface area contributed by atoms with E-state index in [-0.39, 0.29) is 29.3 Å². The van der Waals surface area contributed by atoms with E-state index in [1.165, 1.54) is 0 Å². The van der Waals surface area contributed by atoms with E-state index in [2.05, 4.69) is 20.8 Å². The van der Waals surface area contributed by atoms with Gasteiger partial charge in [0.25, 0.3) is 0 Å². The van der Waals surface area contributed by atoms with Crippen LogP contribution >= 0.6 is 0 Å². The molecule has 0 amide bonds. The number of carboxylic acid groups (broad SMARTS) is 1. The van der Waals surface area contributed by atoms with Gasteiger partial charge < -0.3 is 21.1 Å². The molecule has 0 spiro atoms. The first-order chi connectivity index (χ1) is 13.5. The van der Waals surface area contributed by atoms with Crippen LogP contribution in [0.25, 0.3) is 0 Å². The number of aliphatic hydroxyl groups is 2. The Bertz CT molecular complexity index is 651. The molecule has 5 N–H and O–H groups in total. The third-order valence-corrected chi connectivity index (χ3v) is 10.3. The largest absolute Gasteiger partial charge is 0.481 e. The summed E-state index contributed by atoms with van der Waals surface area (Å²) >= 11 is 0. The van der Waals surface area contributed by atoms with Gasteiger partial charge in [-0.05, 0) is 98.2 Å². The number of fused-ring (bicyclic) bond motifs is 5. The minimum absolute atomic E-state index is 0.120. The van der Waals surface area contributed by atoms with Crippen LogP contribution in [-0.4, -0.2) is 33.1 Å². The maximum absolute atomic E-state index is 11.5. The van der Waals surface area contributed by atoms with Gasteiger partial charge in [0, 0.05) is 12.3 Å². The molecule has 0 radical (unpaired) electrons. The molecule has 0 aromatic heterocycles. The molecule has 5 nitrogen and oxygen atoms in total. The monoisotopic (exact) mass is 407 g/mol. The van der Waals surface area contributed by atoms with Crippen molar-refractivity contribution in [2.24, 2.45) is 52.1 Å². The van der Waals surface area contributed by atoms with Crippen LogP contribution in [-0.2, 0) is 4.79 Å². The number of carboxylic acids is 1. The van der Waals surface area contributed by atoms with Crippen LogP contribution in [0.1, 0.15) is 85.0 Å². The SMILES string of the molecule is CC(CCC(=O)O)C1CCC2C3C(CCC12C)C1(C)CCC(O)CC1CC3(N)O. The highest BCUT2D eigenvalue weighted by Crippen LogP contribution is 2.69. The van der Waals surface area contributed by atoms with Crippen molar-refractivity contribution >= 4 is 5.97 Å². The molecule has 4 fully saturated rings. The van der Waals surface area contributed by atoms with Gasteiger partial charge in [0.1, 0.15) is 5.72 Å². The normalized spacial score (nSPS) is 52.9. The zero-order chi connectivity index (χ0) is 21.2. The summed E-state index contributed by atoms with van der Waals surface area (Å²) in [6.45, 7) is 7.03. The van der Waals surface area contributed by atoms with E-state index in [1.54, 1.807) is 0 Å². The lowest BCUT2D eigenvalue weighted by molar-refractivity contribution is -0.217. The van der Waals surface area contributed by atoms with Gasteiger partial charge in [-0.1, -0.05) is 20.8 Å². The van der Waals surface area contributed by atoms with Crippen molar-refractivity contribution in [1.29, 1.82) is 0 Å². The van der Waals surface area contributed by atoms with Crippen molar-refractivity contribution in [1.82, 2.24) is 0 Å². The van der Waals surface area contributed by atoms with E-state index >= 15 is 0 Å². The molecular formula is C24H41NO4. The lowest BCUT2D eigenvalue weighted by Gasteiger charge is -2.64. The van der Waals surface area contributed by atoms with Crippen LogP contribution in [0.15, 0.2) is 0 Å². The fraction of sp³-hybridized carbons (Fsp3) is 0.958. The third-order valence-electron chi connectivity index (χ3n) is 10.3. The van der Waals surface area contributed by atoms with E-state index < -0.39 is 11.7 Å². The van der Waals surface area contributed by atoms with Gasteiger partial charge in [-0.2, -0.15) is 0 Å². The van der Waals surface area contributed by atoms with Gasteiger partial charge in [0.2, 0.25) is 0 Å². The second-order valence-corrected chi connectivity index (χ2v) is 11.7. The number of nitrogens with two attached hydrogens (primary N) is 1. The first-order valence-corrected chi connectivity index (χ1v) is 11.9. The van der Waals surface area contributed by atoms with E-state index in [0.29, 0.717) is 36.0 Å². The van der Waals surface area contributed by atoms with E-state index in [1.807, 2.05) is 0 Å². The van der Waals surface area contributed by atoms with Crippen LogP contribution in [0.4, 0.5) is 0 Å². The number of hydrogen-bond acceptors (Lipinski definition) is 4. The molecule has 4 saturated carbocycles. The van der Waals surface area contributed by atoms with Gasteiger partial charge in [-0.25, -0.2) is 0 Å². The summed E-state index contributed by atoms with van der Waals surface area (Å²) in [5.74, 6) is 1.46.